The number of carboxylic acids is 1. The summed E-state index contributed by atoms with van der Waals surface area (Å²) in [6.45, 7) is 5.31. The summed E-state index contributed by atoms with van der Waals surface area (Å²) in [6.07, 6.45) is -0.233. The Balaban J connectivity index is 2.52. The minimum absolute atomic E-state index is 0.0408. The molecule has 0 aliphatic rings. The molecule has 1 atom stereocenters. The maximum atomic E-state index is 11.5. The molecule has 0 radical (unpaired) electrons. The van der Waals surface area contributed by atoms with E-state index in [0.29, 0.717) is 6.42 Å². The maximum Gasteiger partial charge on any atom is 0.407 e. The van der Waals surface area contributed by atoms with Gasteiger partial charge in [-0.25, -0.2) is 4.79 Å². The molecule has 0 fully saturated rings. The Morgan fingerprint density at radius 2 is 1.85 bits per heavy atom. The van der Waals surface area contributed by atoms with E-state index in [1.165, 1.54) is 0 Å². The SMILES string of the molecule is CC(C)(C)OC(=O)NC[C@H](Cc1ccccc1)C(=O)O. The molecular weight excluding hydrogens is 258 g/mol. The first-order chi connectivity index (χ1) is 9.28. The van der Waals surface area contributed by atoms with Crippen LogP contribution in [0.4, 0.5) is 4.79 Å². The molecular formula is C15H21NO4. The lowest BCUT2D eigenvalue weighted by atomic mass is 9.99. The third-order valence-corrected chi connectivity index (χ3v) is 2.57. The molecule has 1 rings (SSSR count). The molecule has 2 N–H and O–H groups in total. The lowest BCUT2D eigenvalue weighted by Gasteiger charge is -2.20. The normalized spacial score (nSPS) is 12.6. The summed E-state index contributed by atoms with van der Waals surface area (Å²) in [5, 5.41) is 11.7. The van der Waals surface area contributed by atoms with Gasteiger partial charge in [-0.2, -0.15) is 0 Å². The largest absolute Gasteiger partial charge is 0.481 e. The molecule has 0 bridgehead atoms. The van der Waals surface area contributed by atoms with Gasteiger partial charge in [0.15, 0.2) is 0 Å². The van der Waals surface area contributed by atoms with E-state index < -0.39 is 23.6 Å². The maximum absolute atomic E-state index is 11.5. The molecule has 5 heteroatoms. The van der Waals surface area contributed by atoms with E-state index in [1.54, 1.807) is 20.8 Å². The number of aliphatic carboxylic acids is 1. The highest BCUT2D eigenvalue weighted by Crippen LogP contribution is 2.10. The van der Waals surface area contributed by atoms with Crippen molar-refractivity contribution in [1.29, 1.82) is 0 Å². The Hall–Kier alpha value is -2.04. The molecule has 0 aliphatic heterocycles. The van der Waals surface area contributed by atoms with Gasteiger partial charge in [0, 0.05) is 6.54 Å². The summed E-state index contributed by atoms with van der Waals surface area (Å²) >= 11 is 0. The van der Waals surface area contributed by atoms with Crippen LogP contribution in [0, 0.1) is 5.92 Å². The van der Waals surface area contributed by atoms with Gasteiger partial charge in [-0.1, -0.05) is 30.3 Å². The summed E-state index contributed by atoms with van der Waals surface area (Å²) in [5.74, 6) is -1.62. The second-order valence-corrected chi connectivity index (χ2v) is 5.61. The van der Waals surface area contributed by atoms with E-state index in [-0.39, 0.29) is 6.54 Å². The van der Waals surface area contributed by atoms with Gasteiger partial charge in [0.25, 0.3) is 0 Å². The van der Waals surface area contributed by atoms with Crippen LogP contribution in [0.25, 0.3) is 0 Å². The number of carbonyl (C=O) groups is 2. The van der Waals surface area contributed by atoms with Crippen LogP contribution in [-0.2, 0) is 16.0 Å². The van der Waals surface area contributed by atoms with Crippen molar-refractivity contribution in [2.24, 2.45) is 5.92 Å². The van der Waals surface area contributed by atoms with E-state index in [1.807, 2.05) is 30.3 Å². The first kappa shape index (κ1) is 16.0. The second kappa shape index (κ2) is 6.93. The molecule has 110 valence electrons. The molecule has 0 spiro atoms. The van der Waals surface area contributed by atoms with Crippen molar-refractivity contribution in [3.63, 3.8) is 0 Å². The molecule has 0 aromatic heterocycles. The topological polar surface area (TPSA) is 75.6 Å². The van der Waals surface area contributed by atoms with Gasteiger partial charge in [-0.05, 0) is 32.8 Å². The summed E-state index contributed by atoms with van der Waals surface area (Å²) in [5.41, 5.74) is 0.327. The molecule has 5 nitrogen and oxygen atoms in total. The summed E-state index contributed by atoms with van der Waals surface area (Å²) in [6, 6.07) is 9.32. The molecule has 1 aromatic carbocycles. The number of hydrogen-bond donors (Lipinski definition) is 2. The van der Waals surface area contributed by atoms with Crippen LogP contribution in [0.15, 0.2) is 30.3 Å². The van der Waals surface area contributed by atoms with Gasteiger partial charge < -0.3 is 15.2 Å². The van der Waals surface area contributed by atoms with Crippen LogP contribution in [0.1, 0.15) is 26.3 Å². The molecule has 0 saturated heterocycles. The van der Waals surface area contributed by atoms with Crippen LogP contribution in [-0.4, -0.2) is 29.3 Å². The number of rotatable bonds is 5. The van der Waals surface area contributed by atoms with Crippen LogP contribution >= 0.6 is 0 Å². The zero-order valence-corrected chi connectivity index (χ0v) is 12.1. The average molecular weight is 279 g/mol. The standard InChI is InChI=1S/C15H21NO4/c1-15(2,3)20-14(19)16-10-12(13(17)18)9-11-7-5-4-6-8-11/h4-8,12H,9-10H2,1-3H3,(H,16,19)(H,17,18)/t12-/m0/s1. The van der Waals surface area contributed by atoms with E-state index in [9.17, 15) is 14.7 Å². The first-order valence-corrected chi connectivity index (χ1v) is 6.51. The monoisotopic (exact) mass is 279 g/mol. The highest BCUT2D eigenvalue weighted by Gasteiger charge is 2.21. The van der Waals surface area contributed by atoms with Gasteiger partial charge in [0.2, 0.25) is 0 Å². The quantitative estimate of drug-likeness (QED) is 0.868. The van der Waals surface area contributed by atoms with Gasteiger partial charge >= 0.3 is 12.1 Å². The van der Waals surface area contributed by atoms with E-state index in [0.717, 1.165) is 5.56 Å². The van der Waals surface area contributed by atoms with Gasteiger partial charge in [0.05, 0.1) is 5.92 Å². The highest BCUT2D eigenvalue weighted by atomic mass is 16.6. The van der Waals surface area contributed by atoms with Crippen molar-refractivity contribution in [3.05, 3.63) is 35.9 Å². The number of ether oxygens (including phenoxy) is 1. The molecule has 0 heterocycles. The van der Waals surface area contributed by atoms with Gasteiger partial charge in [0.1, 0.15) is 5.60 Å². The zero-order valence-electron chi connectivity index (χ0n) is 12.1. The summed E-state index contributed by atoms with van der Waals surface area (Å²) in [7, 11) is 0. The molecule has 0 unspecified atom stereocenters. The lowest BCUT2D eigenvalue weighted by molar-refractivity contribution is -0.141. The Morgan fingerprint density at radius 3 is 2.35 bits per heavy atom. The van der Waals surface area contributed by atoms with E-state index in [4.69, 9.17) is 4.74 Å². The van der Waals surface area contributed by atoms with Crippen molar-refractivity contribution >= 4 is 12.1 Å². The third kappa shape index (κ3) is 6.22. The molecule has 20 heavy (non-hydrogen) atoms. The number of carboxylic acid groups (broad SMARTS) is 1. The second-order valence-electron chi connectivity index (χ2n) is 5.61. The minimum atomic E-state index is -0.940. The summed E-state index contributed by atoms with van der Waals surface area (Å²) < 4.78 is 5.08. The van der Waals surface area contributed by atoms with Crippen molar-refractivity contribution in [2.75, 3.05) is 6.54 Å². The van der Waals surface area contributed by atoms with Crippen LogP contribution in [0.3, 0.4) is 0 Å². The fourth-order valence-corrected chi connectivity index (χ4v) is 1.67. The van der Waals surface area contributed by atoms with Crippen LogP contribution in [0.5, 0.6) is 0 Å². The Labute approximate surface area is 118 Å². The number of benzene rings is 1. The summed E-state index contributed by atoms with van der Waals surface area (Å²) in [4.78, 5) is 22.7. The van der Waals surface area contributed by atoms with Gasteiger partial charge in [-0.3, -0.25) is 4.79 Å². The zero-order chi connectivity index (χ0) is 15.2. The number of amides is 1. The molecule has 0 aliphatic carbocycles. The molecule has 1 aromatic rings. The van der Waals surface area contributed by atoms with Crippen molar-refractivity contribution < 1.29 is 19.4 Å². The Bertz CT molecular complexity index is 451. The van der Waals surface area contributed by atoms with Crippen LogP contribution in [0.2, 0.25) is 0 Å². The smallest absolute Gasteiger partial charge is 0.407 e. The number of alkyl carbamates (subject to hydrolysis) is 1. The van der Waals surface area contributed by atoms with Crippen molar-refractivity contribution in [3.8, 4) is 0 Å². The van der Waals surface area contributed by atoms with E-state index in [2.05, 4.69) is 5.32 Å². The third-order valence-electron chi connectivity index (χ3n) is 2.57. The Morgan fingerprint density at radius 1 is 1.25 bits per heavy atom. The number of nitrogens with one attached hydrogen (secondary N) is 1. The minimum Gasteiger partial charge on any atom is -0.481 e. The fraction of sp³-hybridized carbons (Fsp3) is 0.467. The first-order valence-electron chi connectivity index (χ1n) is 6.51. The van der Waals surface area contributed by atoms with Gasteiger partial charge in [-0.15, -0.1) is 0 Å². The lowest BCUT2D eigenvalue weighted by Crippen LogP contribution is -2.37. The molecule has 0 saturated carbocycles. The predicted octanol–water partition coefficient (Wildman–Crippen LogP) is 2.45. The number of carbonyl (C=O) groups excluding carboxylic acids is 1. The highest BCUT2D eigenvalue weighted by molar-refractivity contribution is 5.73. The average Bonchev–Trinajstić information content (AvgIpc) is 2.33. The molecule has 1 amide bonds. The van der Waals surface area contributed by atoms with Crippen molar-refractivity contribution in [2.45, 2.75) is 32.8 Å². The van der Waals surface area contributed by atoms with E-state index >= 15 is 0 Å². The fourth-order valence-electron chi connectivity index (χ4n) is 1.67. The van der Waals surface area contributed by atoms with Crippen LogP contribution < -0.4 is 5.32 Å². The predicted molar refractivity (Wildman–Crippen MR) is 75.5 cm³/mol. The van der Waals surface area contributed by atoms with Crippen molar-refractivity contribution in [1.82, 2.24) is 5.32 Å². The number of hydrogen-bond acceptors (Lipinski definition) is 3. The Kier molecular flexibility index (Phi) is 5.55.